The second kappa shape index (κ2) is 7.15. The molecule has 0 aliphatic rings. The van der Waals surface area contributed by atoms with Gasteiger partial charge in [-0.2, -0.15) is 0 Å². The summed E-state index contributed by atoms with van der Waals surface area (Å²) < 4.78 is 25.8. The van der Waals surface area contributed by atoms with E-state index in [2.05, 4.69) is 4.98 Å². The lowest BCUT2D eigenvalue weighted by atomic mass is 10.2. The van der Waals surface area contributed by atoms with Gasteiger partial charge in [-0.25, -0.2) is 8.42 Å². The number of pyridine rings is 1. The van der Waals surface area contributed by atoms with Crippen molar-refractivity contribution in [1.29, 1.82) is 0 Å². The third-order valence-electron chi connectivity index (χ3n) is 2.88. The van der Waals surface area contributed by atoms with Gasteiger partial charge in [-0.15, -0.1) is 23.4 Å². The quantitative estimate of drug-likeness (QED) is 0.596. The Labute approximate surface area is 134 Å². The number of anilines is 1. The summed E-state index contributed by atoms with van der Waals surface area (Å²) in [5.41, 5.74) is 1.40. The SMILES string of the molecule is CSc1ccc(N(Cc2cccnc2)S(=O)(=O)CCl)cc1. The van der Waals surface area contributed by atoms with Crippen molar-refractivity contribution in [3.8, 4) is 0 Å². The molecule has 1 aromatic heterocycles. The van der Waals surface area contributed by atoms with E-state index in [-0.39, 0.29) is 6.54 Å². The smallest absolute Gasteiger partial charge is 0.249 e. The topological polar surface area (TPSA) is 50.3 Å². The van der Waals surface area contributed by atoms with Crippen LogP contribution in [-0.4, -0.2) is 24.9 Å². The van der Waals surface area contributed by atoms with Crippen molar-refractivity contribution in [1.82, 2.24) is 4.98 Å². The largest absolute Gasteiger partial charge is 0.265 e. The number of aromatic nitrogens is 1. The van der Waals surface area contributed by atoms with E-state index in [1.54, 1.807) is 42.4 Å². The molecule has 21 heavy (non-hydrogen) atoms. The van der Waals surface area contributed by atoms with Gasteiger partial charge in [0.1, 0.15) is 5.21 Å². The van der Waals surface area contributed by atoms with Crippen LogP contribution in [0.25, 0.3) is 0 Å². The lowest BCUT2D eigenvalue weighted by Crippen LogP contribution is -2.31. The third kappa shape index (κ3) is 4.12. The maximum Gasteiger partial charge on any atom is 0.249 e. The summed E-state index contributed by atoms with van der Waals surface area (Å²) in [5, 5.41) is -0.461. The zero-order chi connectivity index (χ0) is 15.3. The average molecular weight is 343 g/mol. The monoisotopic (exact) mass is 342 g/mol. The van der Waals surface area contributed by atoms with Crippen molar-refractivity contribution >= 4 is 39.1 Å². The highest BCUT2D eigenvalue weighted by atomic mass is 35.5. The Kier molecular flexibility index (Phi) is 5.50. The first kappa shape index (κ1) is 16.1. The molecule has 1 aromatic carbocycles. The Morgan fingerprint density at radius 2 is 1.95 bits per heavy atom. The second-order valence-electron chi connectivity index (χ2n) is 4.29. The molecule has 4 nitrogen and oxygen atoms in total. The van der Waals surface area contributed by atoms with Gasteiger partial charge in [0.15, 0.2) is 0 Å². The molecule has 0 aliphatic carbocycles. The minimum atomic E-state index is -3.57. The van der Waals surface area contributed by atoms with E-state index in [0.717, 1.165) is 10.5 Å². The summed E-state index contributed by atoms with van der Waals surface area (Å²) in [6, 6.07) is 11.0. The highest BCUT2D eigenvalue weighted by molar-refractivity contribution is 7.98. The Bertz CT molecular complexity index is 676. The molecule has 0 atom stereocenters. The molecule has 0 fully saturated rings. The first-order valence-electron chi connectivity index (χ1n) is 6.16. The molecule has 0 bridgehead atoms. The number of rotatable bonds is 6. The van der Waals surface area contributed by atoms with Crippen molar-refractivity contribution in [2.45, 2.75) is 11.4 Å². The van der Waals surface area contributed by atoms with Gasteiger partial charge in [-0.3, -0.25) is 9.29 Å². The zero-order valence-electron chi connectivity index (χ0n) is 11.4. The van der Waals surface area contributed by atoms with E-state index in [1.165, 1.54) is 4.31 Å². The molecule has 2 aromatic rings. The second-order valence-corrected chi connectivity index (χ2v) is 7.64. The van der Waals surface area contributed by atoms with Gasteiger partial charge in [-0.05, 0) is 42.2 Å². The Hall–Kier alpha value is -1.24. The minimum Gasteiger partial charge on any atom is -0.265 e. The summed E-state index contributed by atoms with van der Waals surface area (Å²) in [5.74, 6) is 0. The fourth-order valence-corrected chi connectivity index (χ4v) is 3.48. The molecule has 0 aliphatic heterocycles. The van der Waals surface area contributed by atoms with Crippen LogP contribution in [0.15, 0.2) is 53.7 Å². The summed E-state index contributed by atoms with van der Waals surface area (Å²) in [7, 11) is -3.57. The first-order chi connectivity index (χ1) is 10.1. The van der Waals surface area contributed by atoms with Crippen LogP contribution in [0.3, 0.4) is 0 Å². The van der Waals surface area contributed by atoms with Gasteiger partial charge in [0.25, 0.3) is 0 Å². The van der Waals surface area contributed by atoms with Crippen molar-refractivity contribution < 1.29 is 8.42 Å². The third-order valence-corrected chi connectivity index (χ3v) is 5.74. The van der Waals surface area contributed by atoms with E-state index in [4.69, 9.17) is 11.6 Å². The van der Waals surface area contributed by atoms with Gasteiger partial charge in [0.05, 0.1) is 12.2 Å². The average Bonchev–Trinajstić information content (AvgIpc) is 2.53. The molecule has 2 rings (SSSR count). The Balaban J connectivity index is 2.36. The van der Waals surface area contributed by atoms with Gasteiger partial charge in [-0.1, -0.05) is 6.07 Å². The van der Waals surface area contributed by atoms with Crippen LogP contribution in [-0.2, 0) is 16.6 Å². The fourth-order valence-electron chi connectivity index (χ4n) is 1.82. The van der Waals surface area contributed by atoms with Crippen LogP contribution in [0.1, 0.15) is 5.56 Å². The van der Waals surface area contributed by atoms with E-state index < -0.39 is 15.2 Å². The van der Waals surface area contributed by atoms with E-state index in [0.29, 0.717) is 5.69 Å². The lowest BCUT2D eigenvalue weighted by molar-refractivity contribution is 0.595. The summed E-state index contributed by atoms with van der Waals surface area (Å²) in [6.45, 7) is 0.210. The molecule has 0 saturated carbocycles. The summed E-state index contributed by atoms with van der Waals surface area (Å²) in [4.78, 5) is 5.08. The first-order valence-corrected chi connectivity index (χ1v) is 9.53. The Morgan fingerprint density at radius 1 is 1.24 bits per heavy atom. The molecule has 0 radical (unpaired) electrons. The number of alkyl halides is 1. The molecule has 0 spiro atoms. The number of nitrogens with zero attached hydrogens (tertiary/aromatic N) is 2. The molecular formula is C14H15ClN2O2S2. The molecule has 112 valence electrons. The van der Waals surface area contributed by atoms with E-state index in [9.17, 15) is 8.42 Å². The fraction of sp³-hybridized carbons (Fsp3) is 0.214. The molecular weight excluding hydrogens is 328 g/mol. The van der Waals surface area contributed by atoms with E-state index in [1.807, 2.05) is 24.5 Å². The number of benzene rings is 1. The molecule has 0 N–H and O–H groups in total. The van der Waals surface area contributed by atoms with Crippen molar-refractivity contribution in [3.63, 3.8) is 0 Å². The number of sulfonamides is 1. The van der Waals surface area contributed by atoms with Gasteiger partial charge in [0.2, 0.25) is 10.0 Å². The van der Waals surface area contributed by atoms with Gasteiger partial charge in [0, 0.05) is 17.3 Å². The molecule has 1 heterocycles. The molecule has 7 heteroatoms. The van der Waals surface area contributed by atoms with Crippen LogP contribution in [0.4, 0.5) is 5.69 Å². The predicted molar refractivity (Wildman–Crippen MR) is 88.3 cm³/mol. The predicted octanol–water partition coefficient (Wildman–Crippen LogP) is 3.34. The van der Waals surface area contributed by atoms with Crippen LogP contribution in [0.2, 0.25) is 0 Å². The van der Waals surface area contributed by atoms with Crippen molar-refractivity contribution in [3.05, 3.63) is 54.4 Å². The van der Waals surface area contributed by atoms with Crippen LogP contribution < -0.4 is 4.31 Å². The van der Waals surface area contributed by atoms with Crippen molar-refractivity contribution in [2.24, 2.45) is 0 Å². The normalized spacial score (nSPS) is 11.3. The summed E-state index contributed by atoms with van der Waals surface area (Å²) >= 11 is 7.22. The van der Waals surface area contributed by atoms with Crippen LogP contribution in [0, 0.1) is 0 Å². The van der Waals surface area contributed by atoms with E-state index >= 15 is 0 Å². The van der Waals surface area contributed by atoms with Gasteiger partial charge >= 0.3 is 0 Å². The zero-order valence-corrected chi connectivity index (χ0v) is 13.8. The molecule has 0 unspecified atom stereocenters. The number of halogens is 1. The maximum atomic E-state index is 12.2. The van der Waals surface area contributed by atoms with Crippen molar-refractivity contribution in [2.75, 3.05) is 15.8 Å². The molecule has 0 saturated heterocycles. The lowest BCUT2D eigenvalue weighted by Gasteiger charge is -2.23. The number of hydrogen-bond donors (Lipinski definition) is 0. The van der Waals surface area contributed by atoms with Crippen LogP contribution >= 0.6 is 23.4 Å². The highest BCUT2D eigenvalue weighted by Crippen LogP contribution is 2.25. The summed E-state index contributed by atoms with van der Waals surface area (Å²) in [6.07, 6.45) is 5.27. The maximum absolute atomic E-state index is 12.2. The Morgan fingerprint density at radius 3 is 2.48 bits per heavy atom. The minimum absolute atomic E-state index is 0.210. The van der Waals surface area contributed by atoms with Crippen LogP contribution in [0.5, 0.6) is 0 Å². The highest BCUT2D eigenvalue weighted by Gasteiger charge is 2.21. The van der Waals surface area contributed by atoms with Gasteiger partial charge < -0.3 is 0 Å². The number of thioether (sulfide) groups is 1. The molecule has 0 amide bonds. The standard InChI is InChI=1S/C14H15ClN2O2S2/c1-20-14-6-4-13(5-7-14)17(21(18,19)11-15)10-12-3-2-8-16-9-12/h2-9H,10-11H2,1H3. The number of hydrogen-bond acceptors (Lipinski definition) is 4.